The first-order valence-corrected chi connectivity index (χ1v) is 9.20. The third-order valence-corrected chi connectivity index (χ3v) is 5.18. The summed E-state index contributed by atoms with van der Waals surface area (Å²) in [4.78, 5) is 31.2. The highest BCUT2D eigenvalue weighted by atomic mass is 16.5. The van der Waals surface area contributed by atoms with Gasteiger partial charge in [-0.1, -0.05) is 5.16 Å². The van der Waals surface area contributed by atoms with Crippen LogP contribution >= 0.6 is 0 Å². The van der Waals surface area contributed by atoms with Crippen molar-refractivity contribution in [3.8, 4) is 0 Å². The number of amides is 2. The van der Waals surface area contributed by atoms with Crippen molar-refractivity contribution >= 4 is 11.8 Å². The molecule has 1 unspecified atom stereocenters. The first-order valence-electron chi connectivity index (χ1n) is 9.20. The van der Waals surface area contributed by atoms with Crippen molar-refractivity contribution in [2.75, 3.05) is 32.7 Å². The number of piperazine rings is 1. The van der Waals surface area contributed by atoms with Gasteiger partial charge in [-0.25, -0.2) is 0 Å². The third kappa shape index (κ3) is 4.03. The molecule has 7 nitrogen and oxygen atoms in total. The molecule has 7 heteroatoms. The minimum absolute atomic E-state index is 0.0217. The van der Waals surface area contributed by atoms with E-state index >= 15 is 0 Å². The highest BCUT2D eigenvalue weighted by Crippen LogP contribution is 2.21. The van der Waals surface area contributed by atoms with Crippen LogP contribution in [0.5, 0.6) is 0 Å². The van der Waals surface area contributed by atoms with Crippen LogP contribution in [-0.4, -0.2) is 76.5 Å². The maximum atomic E-state index is 12.7. The Balaban J connectivity index is 1.53. The van der Waals surface area contributed by atoms with Gasteiger partial charge in [0.25, 0.3) is 0 Å². The molecule has 0 N–H and O–H groups in total. The van der Waals surface area contributed by atoms with E-state index in [4.69, 9.17) is 4.52 Å². The summed E-state index contributed by atoms with van der Waals surface area (Å²) in [5, 5.41) is 3.89. The summed E-state index contributed by atoms with van der Waals surface area (Å²) in [5.41, 5.74) is 0.681. The maximum Gasteiger partial charge on any atom is 0.240 e. The van der Waals surface area contributed by atoms with Crippen LogP contribution in [0.1, 0.15) is 38.1 Å². The fraction of sp³-hybridized carbons (Fsp3) is 0.722. The van der Waals surface area contributed by atoms with Gasteiger partial charge in [0.15, 0.2) is 0 Å². The van der Waals surface area contributed by atoms with Crippen LogP contribution in [0.25, 0.3) is 0 Å². The van der Waals surface area contributed by atoms with Crippen molar-refractivity contribution in [1.29, 1.82) is 0 Å². The molecule has 3 rings (SSSR count). The second kappa shape index (κ2) is 7.56. The minimum atomic E-state index is -0.0217. The van der Waals surface area contributed by atoms with Crippen molar-refractivity contribution in [2.45, 2.75) is 52.1 Å². The average molecular weight is 348 g/mol. The summed E-state index contributed by atoms with van der Waals surface area (Å²) in [6.45, 7) is 9.68. The molecule has 2 saturated heterocycles. The molecule has 25 heavy (non-hydrogen) atoms. The molecule has 0 aromatic carbocycles. The Labute approximate surface area is 148 Å². The lowest BCUT2D eigenvalue weighted by atomic mass is 10.0. The van der Waals surface area contributed by atoms with Gasteiger partial charge in [-0.3, -0.25) is 14.5 Å². The van der Waals surface area contributed by atoms with Crippen LogP contribution in [0.3, 0.4) is 0 Å². The van der Waals surface area contributed by atoms with E-state index in [1.54, 1.807) is 6.07 Å². The fourth-order valence-electron chi connectivity index (χ4n) is 3.78. The highest BCUT2D eigenvalue weighted by Gasteiger charge is 2.36. The number of rotatable bonds is 4. The first kappa shape index (κ1) is 17.9. The molecule has 138 valence electrons. The molecule has 0 radical (unpaired) electrons. The molecule has 1 aromatic heterocycles. The van der Waals surface area contributed by atoms with Gasteiger partial charge >= 0.3 is 0 Å². The molecule has 3 heterocycles. The van der Waals surface area contributed by atoms with Gasteiger partial charge in [-0.05, 0) is 33.6 Å². The molecule has 1 atom stereocenters. The van der Waals surface area contributed by atoms with E-state index in [2.05, 4.69) is 23.9 Å². The number of carbonyl (C=O) groups is 2. The Kier molecular flexibility index (Phi) is 5.42. The van der Waals surface area contributed by atoms with Crippen LogP contribution in [0.2, 0.25) is 0 Å². The second-order valence-electron chi connectivity index (χ2n) is 7.31. The van der Waals surface area contributed by atoms with E-state index in [-0.39, 0.29) is 30.3 Å². The Morgan fingerprint density at radius 2 is 2.00 bits per heavy atom. The van der Waals surface area contributed by atoms with Gasteiger partial charge in [0.1, 0.15) is 5.76 Å². The fourth-order valence-corrected chi connectivity index (χ4v) is 3.78. The quantitative estimate of drug-likeness (QED) is 0.814. The second-order valence-corrected chi connectivity index (χ2v) is 7.31. The molecule has 2 aliphatic heterocycles. The Bertz CT molecular complexity index is 620. The lowest BCUT2D eigenvalue weighted by molar-refractivity contribution is -0.143. The van der Waals surface area contributed by atoms with Gasteiger partial charge in [0.05, 0.1) is 18.2 Å². The van der Waals surface area contributed by atoms with Gasteiger partial charge < -0.3 is 14.3 Å². The molecule has 2 fully saturated rings. The van der Waals surface area contributed by atoms with Crippen molar-refractivity contribution in [1.82, 2.24) is 19.9 Å². The SMILES string of the molecule is Cc1cc(CC(=O)N2CCN(C3CCCN(C(C)C)C3=O)CC2)no1. The predicted molar refractivity (Wildman–Crippen MR) is 93.0 cm³/mol. The van der Waals surface area contributed by atoms with Crippen molar-refractivity contribution in [3.63, 3.8) is 0 Å². The van der Waals surface area contributed by atoms with Crippen molar-refractivity contribution in [2.24, 2.45) is 0 Å². The Hall–Kier alpha value is -1.89. The van der Waals surface area contributed by atoms with E-state index < -0.39 is 0 Å². The van der Waals surface area contributed by atoms with Gasteiger partial charge in [0, 0.05) is 44.8 Å². The molecule has 1 aromatic rings. The number of hydrogen-bond acceptors (Lipinski definition) is 5. The predicted octanol–water partition coefficient (Wildman–Crippen LogP) is 1.07. The molecular formula is C18H28N4O3. The normalized spacial score (nSPS) is 22.7. The summed E-state index contributed by atoms with van der Waals surface area (Å²) in [5.74, 6) is 1.05. The van der Waals surface area contributed by atoms with E-state index in [1.807, 2.05) is 16.7 Å². The topological polar surface area (TPSA) is 69.9 Å². The van der Waals surface area contributed by atoms with E-state index in [0.717, 1.165) is 38.2 Å². The van der Waals surface area contributed by atoms with Crippen molar-refractivity contribution < 1.29 is 14.1 Å². The number of aromatic nitrogens is 1. The molecule has 2 amide bonds. The summed E-state index contributed by atoms with van der Waals surface area (Å²) in [6.07, 6.45) is 2.26. The lowest BCUT2D eigenvalue weighted by Gasteiger charge is -2.43. The summed E-state index contributed by atoms with van der Waals surface area (Å²) >= 11 is 0. The van der Waals surface area contributed by atoms with Crippen LogP contribution in [0, 0.1) is 6.92 Å². The van der Waals surface area contributed by atoms with Crippen LogP contribution < -0.4 is 0 Å². The van der Waals surface area contributed by atoms with Gasteiger partial charge in [-0.2, -0.15) is 0 Å². The molecule has 0 bridgehead atoms. The summed E-state index contributed by atoms with van der Waals surface area (Å²) in [7, 11) is 0. The number of nitrogens with zero attached hydrogens (tertiary/aromatic N) is 4. The zero-order valence-corrected chi connectivity index (χ0v) is 15.4. The standard InChI is InChI=1S/C18H28N4O3/c1-13(2)22-6-4-5-16(18(22)24)20-7-9-21(10-8-20)17(23)12-15-11-14(3)25-19-15/h11,13,16H,4-10,12H2,1-3H3. The minimum Gasteiger partial charge on any atom is -0.361 e. The number of hydrogen-bond donors (Lipinski definition) is 0. The van der Waals surface area contributed by atoms with E-state index in [0.29, 0.717) is 18.8 Å². The number of carbonyl (C=O) groups excluding carboxylic acids is 2. The Morgan fingerprint density at radius 1 is 1.28 bits per heavy atom. The first-order chi connectivity index (χ1) is 12.0. The zero-order valence-electron chi connectivity index (χ0n) is 15.4. The molecule has 2 aliphatic rings. The summed E-state index contributed by atoms with van der Waals surface area (Å²) in [6, 6.07) is 2.03. The van der Waals surface area contributed by atoms with Gasteiger partial charge in [-0.15, -0.1) is 0 Å². The largest absolute Gasteiger partial charge is 0.361 e. The Morgan fingerprint density at radius 3 is 2.60 bits per heavy atom. The number of piperidine rings is 1. The molecule has 0 spiro atoms. The van der Waals surface area contributed by atoms with E-state index in [9.17, 15) is 9.59 Å². The van der Waals surface area contributed by atoms with Crippen LogP contribution in [0.15, 0.2) is 10.6 Å². The lowest BCUT2D eigenvalue weighted by Crippen LogP contribution is -2.59. The maximum absolute atomic E-state index is 12.7. The average Bonchev–Trinajstić information content (AvgIpc) is 3.00. The molecule has 0 saturated carbocycles. The zero-order chi connectivity index (χ0) is 18.0. The number of likely N-dealkylation sites (tertiary alicyclic amines) is 1. The number of aryl methyl sites for hydroxylation is 1. The molecule has 0 aliphatic carbocycles. The molecular weight excluding hydrogens is 320 g/mol. The third-order valence-electron chi connectivity index (χ3n) is 5.18. The van der Waals surface area contributed by atoms with Gasteiger partial charge in [0.2, 0.25) is 11.8 Å². The smallest absolute Gasteiger partial charge is 0.240 e. The highest BCUT2D eigenvalue weighted by molar-refractivity contribution is 5.83. The van der Waals surface area contributed by atoms with E-state index in [1.165, 1.54) is 0 Å². The van der Waals surface area contributed by atoms with Crippen LogP contribution in [0.4, 0.5) is 0 Å². The van der Waals surface area contributed by atoms with Crippen molar-refractivity contribution in [3.05, 3.63) is 17.5 Å². The van der Waals surface area contributed by atoms with Crippen LogP contribution in [-0.2, 0) is 16.0 Å². The summed E-state index contributed by atoms with van der Waals surface area (Å²) < 4.78 is 5.02. The monoisotopic (exact) mass is 348 g/mol.